The number of ether oxygens (including phenoxy) is 1. The van der Waals surface area contributed by atoms with Crippen LogP contribution in [0.4, 0.5) is 0 Å². The molecule has 0 spiro atoms. The van der Waals surface area contributed by atoms with Gasteiger partial charge < -0.3 is 9.84 Å². The highest BCUT2D eigenvalue weighted by molar-refractivity contribution is 9.10. The van der Waals surface area contributed by atoms with Gasteiger partial charge in [-0.25, -0.2) is 9.78 Å². The van der Waals surface area contributed by atoms with Gasteiger partial charge in [-0.2, -0.15) is 9.78 Å². The topological polar surface area (TPSA) is 93.8 Å². The number of carboxylic acids is 1. The largest absolute Gasteiger partial charge is 0.479 e. The zero-order chi connectivity index (χ0) is 24.4. The van der Waals surface area contributed by atoms with Crippen molar-refractivity contribution in [1.29, 1.82) is 0 Å². The standard InChI is InChI=1S/C26H24BrN3O4/c1-4-15(2)24-29-22-11-10-18(27)13-20(22)25(31)30(24)28-14-21-19-8-6-5-7-17(19)9-12-23(21)34-16(3)26(32)33/h5-16H,4H2,1-3H3,(H,32,33)/t15-,16+/m1/s1. The predicted molar refractivity (Wildman–Crippen MR) is 137 cm³/mol. The lowest BCUT2D eigenvalue weighted by atomic mass is 10.0. The number of benzene rings is 3. The predicted octanol–water partition coefficient (Wildman–Crippen LogP) is 5.56. The van der Waals surface area contributed by atoms with Crippen LogP contribution in [0.1, 0.15) is 44.5 Å². The Morgan fingerprint density at radius 2 is 1.94 bits per heavy atom. The van der Waals surface area contributed by atoms with E-state index in [-0.39, 0.29) is 11.5 Å². The van der Waals surface area contributed by atoms with Gasteiger partial charge in [-0.1, -0.05) is 60.1 Å². The lowest BCUT2D eigenvalue weighted by Gasteiger charge is -2.16. The molecule has 0 amide bonds. The summed E-state index contributed by atoms with van der Waals surface area (Å²) in [4.78, 5) is 29.6. The van der Waals surface area contributed by atoms with Crippen LogP contribution in [-0.4, -0.2) is 33.1 Å². The van der Waals surface area contributed by atoms with E-state index in [4.69, 9.17) is 9.72 Å². The third kappa shape index (κ3) is 4.59. The monoisotopic (exact) mass is 521 g/mol. The average molecular weight is 522 g/mol. The fraction of sp³-hybridized carbons (Fsp3) is 0.231. The van der Waals surface area contributed by atoms with Crippen LogP contribution in [0.15, 0.2) is 69.0 Å². The van der Waals surface area contributed by atoms with Crippen LogP contribution in [-0.2, 0) is 4.79 Å². The highest BCUT2D eigenvalue weighted by atomic mass is 79.9. The van der Waals surface area contributed by atoms with E-state index in [0.29, 0.717) is 28.0 Å². The number of aliphatic carboxylic acids is 1. The maximum Gasteiger partial charge on any atom is 0.344 e. The minimum absolute atomic E-state index is 0.00633. The van der Waals surface area contributed by atoms with Crippen LogP contribution < -0.4 is 10.3 Å². The molecule has 0 saturated carbocycles. The van der Waals surface area contributed by atoms with Gasteiger partial charge in [0.2, 0.25) is 0 Å². The molecule has 3 aromatic carbocycles. The van der Waals surface area contributed by atoms with Crippen molar-refractivity contribution in [2.45, 2.75) is 39.2 Å². The molecule has 4 aromatic rings. The molecular formula is C26H24BrN3O4. The highest BCUT2D eigenvalue weighted by Gasteiger charge is 2.18. The van der Waals surface area contributed by atoms with Crippen LogP contribution >= 0.6 is 15.9 Å². The molecule has 4 rings (SSSR count). The maximum atomic E-state index is 13.4. The van der Waals surface area contributed by atoms with Crippen molar-refractivity contribution in [2.24, 2.45) is 5.10 Å². The van der Waals surface area contributed by atoms with E-state index in [1.165, 1.54) is 11.6 Å². The summed E-state index contributed by atoms with van der Waals surface area (Å²) in [5.41, 5.74) is 0.918. The van der Waals surface area contributed by atoms with Gasteiger partial charge in [0.15, 0.2) is 6.10 Å². The van der Waals surface area contributed by atoms with Crippen LogP contribution in [0.2, 0.25) is 0 Å². The SMILES string of the molecule is CC[C@@H](C)c1nc2ccc(Br)cc2c(=O)n1N=Cc1c(O[C@@H](C)C(=O)O)ccc2ccccc12. The number of hydrogen-bond acceptors (Lipinski definition) is 5. The van der Waals surface area contributed by atoms with Gasteiger partial charge in [0.1, 0.15) is 11.6 Å². The molecular weight excluding hydrogens is 498 g/mol. The molecule has 0 fully saturated rings. The van der Waals surface area contributed by atoms with E-state index in [1.807, 2.05) is 56.3 Å². The summed E-state index contributed by atoms with van der Waals surface area (Å²) in [6.07, 6.45) is 1.28. The normalized spacial score (nSPS) is 13.4. The Morgan fingerprint density at radius 3 is 2.68 bits per heavy atom. The Labute approximate surface area is 204 Å². The van der Waals surface area contributed by atoms with Crippen molar-refractivity contribution < 1.29 is 14.6 Å². The van der Waals surface area contributed by atoms with E-state index in [1.54, 1.807) is 18.3 Å². The fourth-order valence-corrected chi connectivity index (χ4v) is 4.01. The van der Waals surface area contributed by atoms with Gasteiger partial charge in [0.05, 0.1) is 17.1 Å². The number of hydrogen-bond donors (Lipinski definition) is 1. The molecule has 8 heteroatoms. The van der Waals surface area contributed by atoms with E-state index in [2.05, 4.69) is 21.0 Å². The zero-order valence-corrected chi connectivity index (χ0v) is 20.6. The van der Waals surface area contributed by atoms with Gasteiger partial charge in [-0.15, -0.1) is 0 Å². The third-order valence-electron chi connectivity index (χ3n) is 5.77. The number of carbonyl (C=O) groups is 1. The first-order valence-electron chi connectivity index (χ1n) is 11.0. The Kier molecular flexibility index (Phi) is 6.79. The van der Waals surface area contributed by atoms with Crippen LogP contribution in [0, 0.1) is 0 Å². The lowest BCUT2D eigenvalue weighted by Crippen LogP contribution is -2.24. The summed E-state index contributed by atoms with van der Waals surface area (Å²) in [6, 6.07) is 16.6. The summed E-state index contributed by atoms with van der Waals surface area (Å²) in [5, 5.41) is 16.1. The second-order valence-corrected chi connectivity index (χ2v) is 9.01. The molecule has 1 N–H and O–H groups in total. The lowest BCUT2D eigenvalue weighted by molar-refractivity contribution is -0.144. The molecule has 2 atom stereocenters. The molecule has 174 valence electrons. The summed E-state index contributed by atoms with van der Waals surface area (Å²) in [7, 11) is 0. The quantitative estimate of drug-likeness (QED) is 0.321. The molecule has 0 unspecified atom stereocenters. The second-order valence-electron chi connectivity index (χ2n) is 8.10. The Hall–Kier alpha value is -3.52. The summed E-state index contributed by atoms with van der Waals surface area (Å²) >= 11 is 3.42. The Bertz CT molecular complexity index is 1480. The first-order chi connectivity index (χ1) is 16.3. The van der Waals surface area contributed by atoms with E-state index >= 15 is 0 Å². The smallest absolute Gasteiger partial charge is 0.344 e. The molecule has 1 aromatic heterocycles. The molecule has 0 radical (unpaired) electrons. The van der Waals surface area contributed by atoms with Gasteiger partial charge in [0.25, 0.3) is 5.56 Å². The van der Waals surface area contributed by atoms with Crippen molar-refractivity contribution in [1.82, 2.24) is 9.66 Å². The van der Waals surface area contributed by atoms with Crippen molar-refractivity contribution in [2.75, 3.05) is 0 Å². The minimum atomic E-state index is -1.07. The molecule has 0 saturated heterocycles. The van der Waals surface area contributed by atoms with Crippen molar-refractivity contribution in [3.63, 3.8) is 0 Å². The number of nitrogens with zero attached hydrogens (tertiary/aromatic N) is 3. The van der Waals surface area contributed by atoms with Gasteiger partial charge in [-0.05, 0) is 48.4 Å². The fourth-order valence-electron chi connectivity index (χ4n) is 3.65. The van der Waals surface area contributed by atoms with E-state index < -0.39 is 12.1 Å². The summed E-state index contributed by atoms with van der Waals surface area (Å²) < 4.78 is 7.82. The first kappa shape index (κ1) is 23.6. The molecule has 0 aliphatic carbocycles. The molecule has 0 aliphatic heterocycles. The van der Waals surface area contributed by atoms with Crippen LogP contribution in [0.5, 0.6) is 5.75 Å². The maximum absolute atomic E-state index is 13.4. The van der Waals surface area contributed by atoms with Crippen molar-refractivity contribution in [3.8, 4) is 5.75 Å². The van der Waals surface area contributed by atoms with E-state index in [0.717, 1.165) is 21.7 Å². The minimum Gasteiger partial charge on any atom is -0.479 e. The molecule has 0 aliphatic rings. The number of rotatable bonds is 7. The number of fused-ring (bicyclic) bond motifs is 2. The molecule has 0 bridgehead atoms. The van der Waals surface area contributed by atoms with Crippen LogP contribution in [0.3, 0.4) is 0 Å². The highest BCUT2D eigenvalue weighted by Crippen LogP contribution is 2.28. The molecule has 7 nitrogen and oxygen atoms in total. The Balaban J connectivity index is 1.93. The average Bonchev–Trinajstić information content (AvgIpc) is 2.83. The van der Waals surface area contributed by atoms with Gasteiger partial charge >= 0.3 is 5.97 Å². The van der Waals surface area contributed by atoms with Crippen LogP contribution in [0.25, 0.3) is 21.7 Å². The van der Waals surface area contributed by atoms with E-state index in [9.17, 15) is 14.7 Å². The molecule has 1 heterocycles. The number of aromatic nitrogens is 2. The van der Waals surface area contributed by atoms with Crippen molar-refractivity contribution in [3.05, 3.63) is 80.8 Å². The second kappa shape index (κ2) is 9.77. The van der Waals surface area contributed by atoms with Crippen molar-refractivity contribution >= 4 is 49.8 Å². The molecule has 34 heavy (non-hydrogen) atoms. The zero-order valence-electron chi connectivity index (χ0n) is 19.0. The summed E-state index contributed by atoms with van der Waals surface area (Å²) in [5.74, 6) is -0.157. The number of carboxylic acid groups (broad SMARTS) is 1. The summed E-state index contributed by atoms with van der Waals surface area (Å²) in [6.45, 7) is 5.50. The Morgan fingerprint density at radius 1 is 1.18 bits per heavy atom. The number of halogens is 1. The first-order valence-corrected chi connectivity index (χ1v) is 11.8. The third-order valence-corrected chi connectivity index (χ3v) is 6.26. The van der Waals surface area contributed by atoms with Gasteiger partial charge in [-0.3, -0.25) is 4.79 Å². The van der Waals surface area contributed by atoms with Gasteiger partial charge in [0, 0.05) is 16.0 Å².